The predicted molar refractivity (Wildman–Crippen MR) is 157 cm³/mol. The number of nitrogens with zero attached hydrogens (tertiary/aromatic N) is 2. The van der Waals surface area contributed by atoms with Gasteiger partial charge in [-0.3, -0.25) is 0 Å². The molecule has 0 fully saturated rings. The maximum atomic E-state index is 5.11. The quantitative estimate of drug-likeness (QED) is 0.245. The smallest absolute Gasteiger partial charge is 0.0816 e. The summed E-state index contributed by atoms with van der Waals surface area (Å²) >= 11 is 1.77. The second kappa shape index (κ2) is 9.12. The molecule has 0 amide bonds. The van der Waals surface area contributed by atoms with Gasteiger partial charge in [-0.1, -0.05) is 109 Å². The Morgan fingerprint density at radius 3 is 1.24 bits per heavy atom. The van der Waals surface area contributed by atoms with Gasteiger partial charge < -0.3 is 0 Å². The summed E-state index contributed by atoms with van der Waals surface area (Å²) in [6.45, 7) is 0. The number of benzene rings is 4. The van der Waals surface area contributed by atoms with Crippen LogP contribution in [0.5, 0.6) is 0 Å². The van der Waals surface area contributed by atoms with E-state index in [9.17, 15) is 0 Å². The van der Waals surface area contributed by atoms with E-state index in [1.165, 1.54) is 22.3 Å². The monoisotopic (exact) mass is 490 g/mol. The van der Waals surface area contributed by atoms with E-state index in [2.05, 4.69) is 121 Å². The Hall–Kier alpha value is -4.60. The maximum absolute atomic E-state index is 5.11. The molecule has 3 heteroatoms. The molecule has 0 saturated carbocycles. The average Bonchev–Trinajstić information content (AvgIpc) is 3.38. The van der Waals surface area contributed by atoms with E-state index in [-0.39, 0.29) is 0 Å². The number of fused-ring (bicyclic) bond motifs is 2. The van der Waals surface area contributed by atoms with Crippen LogP contribution in [0.3, 0.4) is 0 Å². The summed E-state index contributed by atoms with van der Waals surface area (Å²) in [5.74, 6) is 0. The molecule has 0 bridgehead atoms. The van der Waals surface area contributed by atoms with Crippen molar-refractivity contribution in [2.45, 2.75) is 0 Å². The summed E-state index contributed by atoms with van der Waals surface area (Å²) in [5, 5.41) is 2.28. The first-order chi connectivity index (χ1) is 18.3. The van der Waals surface area contributed by atoms with Gasteiger partial charge in [-0.2, -0.15) is 0 Å². The fraction of sp³-hybridized carbons (Fsp3) is 0. The molecule has 37 heavy (non-hydrogen) atoms. The van der Waals surface area contributed by atoms with Crippen molar-refractivity contribution in [2.24, 2.45) is 0 Å². The van der Waals surface area contributed by atoms with Crippen LogP contribution in [0.4, 0.5) is 0 Å². The van der Waals surface area contributed by atoms with Gasteiger partial charge >= 0.3 is 0 Å². The van der Waals surface area contributed by atoms with E-state index in [1.54, 1.807) is 11.3 Å². The first kappa shape index (κ1) is 21.7. The lowest BCUT2D eigenvalue weighted by atomic mass is 9.93. The van der Waals surface area contributed by atoms with Crippen LogP contribution in [0.25, 0.3) is 65.2 Å². The van der Waals surface area contributed by atoms with Gasteiger partial charge in [0, 0.05) is 21.9 Å². The molecule has 3 heterocycles. The van der Waals surface area contributed by atoms with Crippen LogP contribution >= 0.6 is 11.3 Å². The standard InChI is InChI=1S/C34H22N2S/c1-3-13-25(14-4-1)31-32(26-15-5-2-6-16-26)34(30-22-20-24-12-8-10-18-28(24)36-30)37-33(31)29-21-19-23-11-7-9-17-27(23)35-29/h1-22H. The number of para-hydroxylation sites is 2. The highest BCUT2D eigenvalue weighted by Gasteiger charge is 2.24. The minimum absolute atomic E-state index is 0.978. The van der Waals surface area contributed by atoms with Crippen molar-refractivity contribution in [3.05, 3.63) is 133 Å². The maximum Gasteiger partial charge on any atom is 0.0816 e. The molecule has 0 atom stereocenters. The van der Waals surface area contributed by atoms with Gasteiger partial charge in [-0.15, -0.1) is 11.3 Å². The van der Waals surface area contributed by atoms with E-state index < -0.39 is 0 Å². The van der Waals surface area contributed by atoms with Crippen molar-refractivity contribution < 1.29 is 0 Å². The van der Waals surface area contributed by atoms with Gasteiger partial charge in [0.25, 0.3) is 0 Å². The van der Waals surface area contributed by atoms with Gasteiger partial charge in [0.05, 0.1) is 32.2 Å². The molecule has 0 aliphatic carbocycles. The van der Waals surface area contributed by atoms with Crippen molar-refractivity contribution in [3.8, 4) is 43.4 Å². The second-order valence-corrected chi connectivity index (χ2v) is 10.0. The third-order valence-electron chi connectivity index (χ3n) is 6.70. The number of aromatic nitrogens is 2. The number of thiophene rings is 1. The topological polar surface area (TPSA) is 25.8 Å². The lowest BCUT2D eigenvalue weighted by Gasteiger charge is -2.11. The highest BCUT2D eigenvalue weighted by molar-refractivity contribution is 7.20. The molecule has 0 N–H and O–H groups in total. The highest BCUT2D eigenvalue weighted by Crippen LogP contribution is 2.51. The molecular weight excluding hydrogens is 468 g/mol. The Morgan fingerprint density at radius 2 is 0.784 bits per heavy atom. The Morgan fingerprint density at radius 1 is 0.378 bits per heavy atom. The van der Waals surface area contributed by atoms with E-state index in [1.807, 2.05) is 12.1 Å². The molecule has 7 aromatic rings. The Balaban J connectivity index is 1.57. The Bertz CT molecular complexity index is 1730. The molecular formula is C34H22N2S. The minimum atomic E-state index is 0.978. The molecule has 7 rings (SSSR count). The van der Waals surface area contributed by atoms with Crippen LogP contribution in [0.1, 0.15) is 0 Å². The van der Waals surface area contributed by atoms with Crippen LogP contribution in [0.15, 0.2) is 133 Å². The Kier molecular flexibility index (Phi) is 5.34. The van der Waals surface area contributed by atoms with E-state index in [0.29, 0.717) is 0 Å². The van der Waals surface area contributed by atoms with E-state index in [4.69, 9.17) is 9.97 Å². The molecule has 3 aromatic heterocycles. The lowest BCUT2D eigenvalue weighted by molar-refractivity contribution is 1.42. The van der Waals surface area contributed by atoms with E-state index in [0.717, 1.165) is 42.9 Å². The molecule has 0 aliphatic heterocycles. The zero-order valence-corrected chi connectivity index (χ0v) is 20.8. The molecule has 174 valence electrons. The Labute approximate surface area is 219 Å². The summed E-state index contributed by atoms with van der Waals surface area (Å²) in [6, 6.07) is 46.5. The van der Waals surface area contributed by atoms with Crippen LogP contribution in [-0.2, 0) is 0 Å². The molecule has 0 spiro atoms. The first-order valence-corrected chi connectivity index (χ1v) is 13.2. The molecule has 0 radical (unpaired) electrons. The average molecular weight is 491 g/mol. The molecule has 4 aromatic carbocycles. The molecule has 2 nitrogen and oxygen atoms in total. The summed E-state index contributed by atoms with van der Waals surface area (Å²) in [5.41, 5.74) is 8.70. The first-order valence-electron chi connectivity index (χ1n) is 12.4. The largest absolute Gasteiger partial charge is 0.247 e. The summed E-state index contributed by atoms with van der Waals surface area (Å²) in [6.07, 6.45) is 0. The van der Waals surface area contributed by atoms with Crippen LogP contribution in [0, 0.1) is 0 Å². The van der Waals surface area contributed by atoms with Crippen LogP contribution in [0.2, 0.25) is 0 Å². The minimum Gasteiger partial charge on any atom is -0.247 e. The second-order valence-electron chi connectivity index (χ2n) is 9.02. The van der Waals surface area contributed by atoms with Gasteiger partial charge in [0.1, 0.15) is 0 Å². The summed E-state index contributed by atoms with van der Waals surface area (Å²) in [4.78, 5) is 12.5. The highest BCUT2D eigenvalue weighted by atomic mass is 32.1. The number of hydrogen-bond acceptors (Lipinski definition) is 3. The lowest BCUT2D eigenvalue weighted by Crippen LogP contribution is -1.89. The van der Waals surface area contributed by atoms with Crippen molar-refractivity contribution in [2.75, 3.05) is 0 Å². The number of pyridine rings is 2. The molecule has 0 aliphatic rings. The SMILES string of the molecule is c1ccc(-c2c(-c3ccc4ccccc4n3)sc(-c3ccc4ccccc4n3)c2-c2ccccc2)cc1. The fourth-order valence-electron chi connectivity index (χ4n) is 4.94. The van der Waals surface area contributed by atoms with Gasteiger partial charge in [0.15, 0.2) is 0 Å². The van der Waals surface area contributed by atoms with Gasteiger partial charge in [-0.05, 0) is 35.4 Å². The van der Waals surface area contributed by atoms with Crippen molar-refractivity contribution in [1.82, 2.24) is 9.97 Å². The van der Waals surface area contributed by atoms with Crippen molar-refractivity contribution in [3.63, 3.8) is 0 Å². The van der Waals surface area contributed by atoms with E-state index >= 15 is 0 Å². The molecule has 0 saturated heterocycles. The van der Waals surface area contributed by atoms with Crippen molar-refractivity contribution in [1.29, 1.82) is 0 Å². The third-order valence-corrected chi connectivity index (χ3v) is 7.93. The summed E-state index contributed by atoms with van der Waals surface area (Å²) < 4.78 is 0. The number of rotatable bonds is 4. The van der Waals surface area contributed by atoms with Gasteiger partial charge in [-0.25, -0.2) is 9.97 Å². The predicted octanol–water partition coefficient (Wildman–Crippen LogP) is 9.51. The molecule has 0 unspecified atom stereocenters. The third kappa shape index (κ3) is 3.90. The van der Waals surface area contributed by atoms with Crippen molar-refractivity contribution >= 4 is 33.1 Å². The summed E-state index contributed by atoms with van der Waals surface area (Å²) in [7, 11) is 0. The van der Waals surface area contributed by atoms with Crippen LogP contribution in [-0.4, -0.2) is 9.97 Å². The normalized spacial score (nSPS) is 11.2. The van der Waals surface area contributed by atoms with Crippen LogP contribution < -0.4 is 0 Å². The zero-order chi connectivity index (χ0) is 24.6. The number of hydrogen-bond donors (Lipinski definition) is 0. The fourth-order valence-corrected chi connectivity index (χ4v) is 6.22. The van der Waals surface area contributed by atoms with Gasteiger partial charge in [0.2, 0.25) is 0 Å². The zero-order valence-electron chi connectivity index (χ0n) is 20.0.